The fraction of sp³-hybridized carbons (Fsp3) is 0.350. The number of ether oxygens (including phenoxy) is 3. The quantitative estimate of drug-likeness (QED) is 0.723. The van der Waals surface area contributed by atoms with E-state index in [1.54, 1.807) is 34.4 Å². The molecule has 140 valence electrons. The topological polar surface area (TPSA) is 48.0 Å². The van der Waals surface area contributed by atoms with Crippen molar-refractivity contribution < 1.29 is 19.0 Å². The SMILES string of the molecule is CCC(Oc1cc(Cl)cc(-c2c(OC)cccc2OC)c1)C(=O)N(C)C. The van der Waals surface area contributed by atoms with E-state index in [1.165, 1.54) is 4.90 Å². The van der Waals surface area contributed by atoms with Crippen molar-refractivity contribution in [2.75, 3.05) is 28.3 Å². The monoisotopic (exact) mass is 377 g/mol. The second-order valence-corrected chi connectivity index (χ2v) is 6.40. The third-order valence-corrected chi connectivity index (χ3v) is 4.17. The normalized spacial score (nSPS) is 11.6. The van der Waals surface area contributed by atoms with E-state index in [-0.39, 0.29) is 5.91 Å². The predicted molar refractivity (Wildman–Crippen MR) is 103 cm³/mol. The Morgan fingerprint density at radius 3 is 2.23 bits per heavy atom. The highest BCUT2D eigenvalue weighted by Crippen LogP contribution is 2.40. The van der Waals surface area contributed by atoms with Crippen LogP contribution in [0, 0.1) is 0 Å². The molecule has 0 saturated heterocycles. The van der Waals surface area contributed by atoms with Crippen molar-refractivity contribution in [3.8, 4) is 28.4 Å². The molecule has 0 aliphatic carbocycles. The van der Waals surface area contributed by atoms with Crippen molar-refractivity contribution in [2.24, 2.45) is 0 Å². The Hall–Kier alpha value is -2.40. The van der Waals surface area contributed by atoms with Crippen LogP contribution in [0.2, 0.25) is 5.02 Å². The Morgan fingerprint density at radius 2 is 1.73 bits per heavy atom. The van der Waals surface area contributed by atoms with Crippen LogP contribution in [0.3, 0.4) is 0 Å². The van der Waals surface area contributed by atoms with Gasteiger partial charge in [-0.15, -0.1) is 0 Å². The lowest BCUT2D eigenvalue weighted by Gasteiger charge is -2.21. The van der Waals surface area contributed by atoms with Gasteiger partial charge in [0, 0.05) is 19.1 Å². The number of benzene rings is 2. The molecular weight excluding hydrogens is 354 g/mol. The molecule has 0 N–H and O–H groups in total. The van der Waals surface area contributed by atoms with Gasteiger partial charge >= 0.3 is 0 Å². The van der Waals surface area contributed by atoms with Gasteiger partial charge in [0.15, 0.2) is 6.10 Å². The van der Waals surface area contributed by atoms with Gasteiger partial charge in [-0.2, -0.15) is 0 Å². The first-order valence-corrected chi connectivity index (χ1v) is 8.68. The molecule has 1 unspecified atom stereocenters. The van der Waals surface area contributed by atoms with E-state index < -0.39 is 6.10 Å². The van der Waals surface area contributed by atoms with Crippen LogP contribution in [0.5, 0.6) is 17.2 Å². The van der Waals surface area contributed by atoms with E-state index in [0.717, 1.165) is 11.1 Å². The maximum Gasteiger partial charge on any atom is 0.263 e. The summed E-state index contributed by atoms with van der Waals surface area (Å²) in [6.45, 7) is 1.90. The first kappa shape index (κ1) is 19.9. The van der Waals surface area contributed by atoms with Crippen LogP contribution in [-0.4, -0.2) is 45.2 Å². The molecule has 0 fully saturated rings. The zero-order valence-corrected chi connectivity index (χ0v) is 16.5. The van der Waals surface area contributed by atoms with E-state index in [4.69, 9.17) is 25.8 Å². The van der Waals surface area contributed by atoms with Gasteiger partial charge in [0.05, 0.1) is 19.8 Å². The van der Waals surface area contributed by atoms with Gasteiger partial charge in [-0.05, 0) is 42.3 Å². The van der Waals surface area contributed by atoms with Gasteiger partial charge in [-0.3, -0.25) is 4.79 Å². The lowest BCUT2D eigenvalue weighted by molar-refractivity contribution is -0.136. The Morgan fingerprint density at radius 1 is 1.12 bits per heavy atom. The molecule has 0 heterocycles. The van der Waals surface area contributed by atoms with Gasteiger partial charge in [-0.1, -0.05) is 24.6 Å². The van der Waals surface area contributed by atoms with Crippen molar-refractivity contribution in [3.63, 3.8) is 0 Å². The van der Waals surface area contributed by atoms with Crippen LogP contribution >= 0.6 is 11.6 Å². The maximum atomic E-state index is 12.2. The minimum atomic E-state index is -0.573. The number of amides is 1. The van der Waals surface area contributed by atoms with Crippen molar-refractivity contribution >= 4 is 17.5 Å². The highest BCUT2D eigenvalue weighted by atomic mass is 35.5. The van der Waals surface area contributed by atoms with E-state index in [1.807, 2.05) is 37.3 Å². The minimum absolute atomic E-state index is 0.0936. The Labute approximate surface area is 159 Å². The fourth-order valence-electron chi connectivity index (χ4n) is 2.67. The average Bonchev–Trinajstić information content (AvgIpc) is 2.64. The molecule has 2 aromatic rings. The lowest BCUT2D eigenvalue weighted by Crippen LogP contribution is -2.37. The number of carbonyl (C=O) groups excluding carboxylic acids is 1. The van der Waals surface area contributed by atoms with Crippen LogP contribution in [0.1, 0.15) is 13.3 Å². The number of nitrogens with zero attached hydrogens (tertiary/aromatic N) is 1. The number of carbonyl (C=O) groups is 1. The molecule has 26 heavy (non-hydrogen) atoms. The molecule has 0 aliphatic heterocycles. The molecule has 0 bridgehead atoms. The van der Waals surface area contributed by atoms with Crippen molar-refractivity contribution in [1.82, 2.24) is 4.90 Å². The standard InChI is InChI=1S/C20H24ClNO4/c1-6-16(20(23)22(2)3)26-15-11-13(10-14(21)12-15)19-17(24-4)8-7-9-18(19)25-5/h7-12,16H,6H2,1-5H3. The first-order chi connectivity index (χ1) is 12.4. The number of likely N-dealkylation sites (N-methyl/N-ethyl adjacent to an activating group) is 1. The van der Waals surface area contributed by atoms with Crippen molar-refractivity contribution in [1.29, 1.82) is 0 Å². The van der Waals surface area contributed by atoms with E-state index in [2.05, 4.69) is 0 Å². The molecule has 1 atom stereocenters. The van der Waals surface area contributed by atoms with Crippen LogP contribution < -0.4 is 14.2 Å². The van der Waals surface area contributed by atoms with Crippen LogP contribution in [0.4, 0.5) is 0 Å². The Kier molecular flexibility index (Phi) is 6.75. The van der Waals surface area contributed by atoms with Gasteiger partial charge in [0.25, 0.3) is 5.91 Å². The molecule has 0 spiro atoms. The molecule has 6 heteroatoms. The van der Waals surface area contributed by atoms with Crippen molar-refractivity contribution in [2.45, 2.75) is 19.4 Å². The second-order valence-electron chi connectivity index (χ2n) is 5.96. The molecule has 0 radical (unpaired) electrons. The fourth-order valence-corrected chi connectivity index (χ4v) is 2.90. The molecule has 0 saturated carbocycles. The third-order valence-electron chi connectivity index (χ3n) is 3.95. The van der Waals surface area contributed by atoms with Crippen LogP contribution in [0.25, 0.3) is 11.1 Å². The summed E-state index contributed by atoms with van der Waals surface area (Å²) in [5.74, 6) is 1.74. The molecule has 5 nitrogen and oxygen atoms in total. The second kappa shape index (κ2) is 8.81. The minimum Gasteiger partial charge on any atom is -0.496 e. The number of hydrogen-bond acceptors (Lipinski definition) is 4. The predicted octanol–water partition coefficient (Wildman–Crippen LogP) is 4.27. The summed E-state index contributed by atoms with van der Waals surface area (Å²) in [5.41, 5.74) is 1.56. The summed E-state index contributed by atoms with van der Waals surface area (Å²) in [6, 6.07) is 10.9. The number of rotatable bonds is 7. The Balaban J connectivity index is 2.47. The summed E-state index contributed by atoms with van der Waals surface area (Å²) in [5, 5.41) is 0.498. The van der Waals surface area contributed by atoms with Gasteiger partial charge < -0.3 is 19.1 Å². The first-order valence-electron chi connectivity index (χ1n) is 8.31. The lowest BCUT2D eigenvalue weighted by atomic mass is 10.0. The molecule has 1 amide bonds. The van der Waals surface area contributed by atoms with Crippen molar-refractivity contribution in [3.05, 3.63) is 41.4 Å². The zero-order valence-electron chi connectivity index (χ0n) is 15.7. The summed E-state index contributed by atoms with van der Waals surface area (Å²) >= 11 is 6.30. The molecule has 0 aliphatic rings. The highest BCUT2D eigenvalue weighted by molar-refractivity contribution is 6.31. The maximum absolute atomic E-state index is 12.2. The smallest absolute Gasteiger partial charge is 0.263 e. The summed E-state index contributed by atoms with van der Waals surface area (Å²) < 4.78 is 16.9. The van der Waals surface area contributed by atoms with E-state index in [9.17, 15) is 4.79 Å². The van der Waals surface area contributed by atoms with E-state index in [0.29, 0.717) is 28.7 Å². The summed E-state index contributed by atoms with van der Waals surface area (Å²) in [7, 11) is 6.61. The van der Waals surface area contributed by atoms with Gasteiger partial charge in [0.1, 0.15) is 17.2 Å². The van der Waals surface area contributed by atoms with Crippen LogP contribution in [-0.2, 0) is 4.79 Å². The van der Waals surface area contributed by atoms with E-state index >= 15 is 0 Å². The largest absolute Gasteiger partial charge is 0.496 e. The molecule has 2 aromatic carbocycles. The van der Waals surface area contributed by atoms with Gasteiger partial charge in [-0.25, -0.2) is 0 Å². The number of hydrogen-bond donors (Lipinski definition) is 0. The highest BCUT2D eigenvalue weighted by Gasteiger charge is 2.21. The van der Waals surface area contributed by atoms with Gasteiger partial charge in [0.2, 0.25) is 0 Å². The molecule has 2 rings (SSSR count). The Bertz CT molecular complexity index is 754. The molecule has 0 aromatic heterocycles. The summed E-state index contributed by atoms with van der Waals surface area (Å²) in [6.07, 6.45) is -0.0208. The number of methoxy groups -OCH3 is 2. The van der Waals surface area contributed by atoms with Crippen LogP contribution in [0.15, 0.2) is 36.4 Å². The molecular formula is C20H24ClNO4. The number of halogens is 1. The summed E-state index contributed by atoms with van der Waals surface area (Å²) in [4.78, 5) is 13.8. The zero-order chi connectivity index (χ0) is 19.3. The third kappa shape index (κ3) is 4.41. The average molecular weight is 378 g/mol.